The molecule has 0 amide bonds. The Morgan fingerprint density at radius 1 is 0.476 bits per heavy atom. The SMILES string of the molecule is C1CCCC1.C1CCCC1.CC(C)C(C)(C)[Si](C)(C)P.CC(C)C(C)(C)[Si](C)(C)P.CC[N-]CC.CC[N-]CC.[Zr+2].[Zr+2]. The zero-order chi connectivity index (χ0) is 32.5. The van der Waals surface area contributed by atoms with Crippen molar-refractivity contribution in [2.24, 2.45) is 11.8 Å². The topological polar surface area (TPSA) is 28.2 Å². The molecule has 2 nitrogen and oxygen atoms in total. The first-order valence-electron chi connectivity index (χ1n) is 17.1. The molecule has 0 aromatic heterocycles. The summed E-state index contributed by atoms with van der Waals surface area (Å²) < 4.78 is 0. The molecule has 0 heterocycles. The van der Waals surface area contributed by atoms with E-state index in [0.29, 0.717) is 10.1 Å². The maximum absolute atomic E-state index is 3.97. The van der Waals surface area contributed by atoms with Crippen molar-refractivity contribution in [2.75, 3.05) is 26.2 Å². The standard InChI is InChI=1S/2C8H21PSi.2C5H10.2C4H10N.2Zr/c2*1-7(2)8(3,4)10(5,6)9;2*1-2-4-5-3-1;2*1-3-5-4-2;;/h2*7H,9H2,1-6H3;2*1-5H2;2*3-4H2,1-2H3;;/q;;;;2*-1;2*+2. The van der Waals surface area contributed by atoms with Gasteiger partial charge in [0.2, 0.25) is 0 Å². The Bertz CT molecular complexity index is 449. The van der Waals surface area contributed by atoms with Gasteiger partial charge in [-0.3, -0.25) is 0 Å². The van der Waals surface area contributed by atoms with Gasteiger partial charge in [0.1, 0.15) is 0 Å². The van der Waals surface area contributed by atoms with Gasteiger partial charge in [-0.15, -0.1) is 17.6 Å². The predicted molar refractivity (Wildman–Crippen MR) is 207 cm³/mol. The first-order valence-corrected chi connectivity index (χ1v) is 26.7. The van der Waals surface area contributed by atoms with Crippen LogP contribution in [0.3, 0.4) is 0 Å². The molecule has 2 fully saturated rings. The summed E-state index contributed by atoms with van der Waals surface area (Å²) in [5.41, 5.74) is 0. The summed E-state index contributed by atoms with van der Waals surface area (Å²) in [7, 11) is 4.07. The van der Waals surface area contributed by atoms with Gasteiger partial charge >= 0.3 is 52.4 Å². The second kappa shape index (κ2) is 33.9. The van der Waals surface area contributed by atoms with Crippen molar-refractivity contribution in [3.8, 4) is 0 Å². The van der Waals surface area contributed by atoms with Crippen LogP contribution in [0.15, 0.2) is 0 Å². The van der Waals surface area contributed by atoms with E-state index in [1.165, 1.54) is 64.2 Å². The van der Waals surface area contributed by atoms with E-state index in [2.05, 4.69) is 110 Å². The fourth-order valence-corrected chi connectivity index (χ4v) is 8.68. The Labute approximate surface area is 315 Å². The van der Waals surface area contributed by atoms with E-state index < -0.39 is 15.5 Å². The number of hydrogen-bond donors (Lipinski definition) is 0. The van der Waals surface area contributed by atoms with Gasteiger partial charge in [-0.25, -0.2) is 0 Å². The Balaban J connectivity index is -0.0000000944. The molecule has 0 N–H and O–H groups in total. The molecule has 2 unspecified atom stereocenters. The molecule has 2 aliphatic rings. The summed E-state index contributed by atoms with van der Waals surface area (Å²) in [4.78, 5) is 0. The molecule has 0 saturated heterocycles. The molecule has 8 heteroatoms. The van der Waals surface area contributed by atoms with E-state index in [0.717, 1.165) is 38.0 Å². The average Bonchev–Trinajstić information content (AvgIpc) is 3.59. The van der Waals surface area contributed by atoms with E-state index in [1.807, 2.05) is 27.7 Å². The zero-order valence-electron chi connectivity index (χ0n) is 32.1. The van der Waals surface area contributed by atoms with E-state index in [1.54, 1.807) is 0 Å². The minimum absolute atomic E-state index is 0. The average molecular weight is 820 g/mol. The van der Waals surface area contributed by atoms with Crippen molar-refractivity contribution in [3.63, 3.8) is 0 Å². The third kappa shape index (κ3) is 34.3. The van der Waals surface area contributed by atoms with E-state index in [4.69, 9.17) is 0 Å². The van der Waals surface area contributed by atoms with Crippen LogP contribution in [0.5, 0.6) is 0 Å². The summed E-state index contributed by atoms with van der Waals surface area (Å²) in [5.74, 6) is 1.60. The molecule has 0 aromatic rings. The number of hydrogen-bond acceptors (Lipinski definition) is 0. The van der Waals surface area contributed by atoms with Gasteiger partial charge in [0.05, 0.1) is 15.5 Å². The van der Waals surface area contributed by atoms with Gasteiger partial charge in [-0.05, 0) is 21.9 Å². The molecule has 0 bridgehead atoms. The molecule has 42 heavy (non-hydrogen) atoms. The van der Waals surface area contributed by atoms with Crippen LogP contribution < -0.4 is 0 Å². The van der Waals surface area contributed by atoms with Gasteiger partial charge in [0.15, 0.2) is 0 Å². The fraction of sp³-hybridized carbons (Fsp3) is 1.00. The molecule has 2 aliphatic carbocycles. The quantitative estimate of drug-likeness (QED) is 0.172. The maximum Gasteiger partial charge on any atom is 2.00 e. The van der Waals surface area contributed by atoms with Gasteiger partial charge < -0.3 is 10.6 Å². The van der Waals surface area contributed by atoms with Crippen LogP contribution in [0.25, 0.3) is 10.6 Å². The van der Waals surface area contributed by atoms with E-state index in [-0.39, 0.29) is 52.4 Å². The van der Waals surface area contributed by atoms with Crippen LogP contribution in [-0.4, -0.2) is 41.7 Å². The molecule has 0 radical (unpaired) electrons. The molecular weight excluding hydrogens is 737 g/mol. The number of nitrogens with zero attached hydrogens (tertiary/aromatic N) is 2. The molecule has 0 aliphatic heterocycles. The number of rotatable bonds is 8. The van der Waals surface area contributed by atoms with Gasteiger partial charge in [-0.1, -0.05) is 173 Å². The van der Waals surface area contributed by atoms with E-state index >= 15 is 0 Å². The van der Waals surface area contributed by atoms with Crippen molar-refractivity contribution in [2.45, 2.75) is 184 Å². The Morgan fingerprint density at radius 3 is 0.643 bits per heavy atom. The summed E-state index contributed by atoms with van der Waals surface area (Å²) >= 11 is 0. The first-order chi connectivity index (χ1) is 18.2. The normalized spacial score (nSPS) is 14.6. The molecule has 0 spiro atoms. The van der Waals surface area contributed by atoms with Crippen molar-refractivity contribution < 1.29 is 52.4 Å². The summed E-state index contributed by atoms with van der Waals surface area (Å²) in [5, 5.41) is 9.02. The van der Waals surface area contributed by atoms with Crippen LogP contribution in [0.1, 0.15) is 147 Å². The first kappa shape index (κ1) is 57.3. The molecule has 0 aromatic carbocycles. The molecular formula is C34H82N2P2Si2Zr2+2. The second-order valence-electron chi connectivity index (χ2n) is 14.4. The Morgan fingerprint density at radius 2 is 0.619 bits per heavy atom. The molecule has 2 atom stereocenters. The minimum atomic E-state index is -1.03. The van der Waals surface area contributed by atoms with Crippen LogP contribution in [0.4, 0.5) is 0 Å². The smallest absolute Gasteiger partial charge is 0.663 e. The summed E-state index contributed by atoms with van der Waals surface area (Å²) in [6.45, 7) is 40.5. The van der Waals surface area contributed by atoms with Gasteiger partial charge in [0, 0.05) is 0 Å². The van der Waals surface area contributed by atoms with Crippen molar-refractivity contribution in [1.29, 1.82) is 0 Å². The van der Waals surface area contributed by atoms with Crippen LogP contribution >= 0.6 is 17.6 Å². The third-order valence-electron chi connectivity index (χ3n) is 9.60. The maximum atomic E-state index is 3.97. The van der Waals surface area contributed by atoms with Crippen LogP contribution in [-0.2, 0) is 52.4 Å². The third-order valence-corrected chi connectivity index (χ3v) is 21.9. The molecule has 2 saturated carbocycles. The van der Waals surface area contributed by atoms with Crippen molar-refractivity contribution >= 4 is 33.1 Å². The monoisotopic (exact) mass is 816 g/mol. The molecule has 2 rings (SSSR count). The minimum Gasteiger partial charge on any atom is -0.663 e. The van der Waals surface area contributed by atoms with Crippen molar-refractivity contribution in [3.05, 3.63) is 10.6 Å². The largest absolute Gasteiger partial charge is 2.00 e. The van der Waals surface area contributed by atoms with Crippen LogP contribution in [0.2, 0.25) is 36.3 Å². The Hall–Kier alpha value is 2.98. The summed E-state index contributed by atoms with van der Waals surface area (Å²) in [6.07, 6.45) is 15.0. The summed E-state index contributed by atoms with van der Waals surface area (Å²) in [6, 6.07) is 0. The molecule has 252 valence electrons. The van der Waals surface area contributed by atoms with E-state index in [9.17, 15) is 0 Å². The Kier molecular flexibility index (Phi) is 46.2. The fourth-order valence-electron chi connectivity index (χ4n) is 3.70. The van der Waals surface area contributed by atoms with Gasteiger partial charge in [-0.2, -0.15) is 26.2 Å². The van der Waals surface area contributed by atoms with Gasteiger partial charge in [0.25, 0.3) is 0 Å². The predicted octanol–water partition coefficient (Wildman–Crippen LogP) is 13.7. The van der Waals surface area contributed by atoms with Crippen molar-refractivity contribution in [1.82, 2.24) is 0 Å². The van der Waals surface area contributed by atoms with Crippen LogP contribution in [0, 0.1) is 11.8 Å². The second-order valence-corrected chi connectivity index (χ2v) is 32.6. The zero-order valence-corrected chi connectivity index (χ0v) is 41.3.